The van der Waals surface area contributed by atoms with Crippen LogP contribution in [0, 0.1) is 11.3 Å². The zero-order valence-corrected chi connectivity index (χ0v) is 17.3. The van der Waals surface area contributed by atoms with E-state index >= 15 is 0 Å². The number of fused-ring (bicyclic) bond motifs is 1. The molecule has 136 valence electrons. The van der Waals surface area contributed by atoms with E-state index in [1.54, 1.807) is 12.1 Å². The minimum Gasteiger partial charge on any atom is -0.312 e. The molecular weight excluding hydrogens is 389 g/mol. The van der Waals surface area contributed by atoms with Gasteiger partial charge in [0.15, 0.2) is 0 Å². The summed E-state index contributed by atoms with van der Waals surface area (Å²) in [5.41, 5.74) is 1.44. The van der Waals surface area contributed by atoms with Gasteiger partial charge < -0.3 is 10.6 Å². The smallest absolute Gasteiger partial charge is 0.257 e. The van der Waals surface area contributed by atoms with Gasteiger partial charge in [-0.25, -0.2) is 0 Å². The number of benzene rings is 1. The standard InChI is InChI=1S/C19H19Cl2N3OS/c1-18(2)8-12-13(9-22)17(26-15(12)19(3,4)24-18)23-16(25)11-6-5-10(20)7-14(11)21/h5-7,24H,8H2,1-4H3,(H,23,25). The summed E-state index contributed by atoms with van der Waals surface area (Å²) < 4.78 is 0. The highest BCUT2D eigenvalue weighted by Gasteiger charge is 2.40. The van der Waals surface area contributed by atoms with Crippen molar-refractivity contribution in [3.05, 3.63) is 49.8 Å². The summed E-state index contributed by atoms with van der Waals surface area (Å²) in [4.78, 5) is 13.7. The van der Waals surface area contributed by atoms with Crippen LogP contribution in [0.3, 0.4) is 0 Å². The molecule has 1 aromatic heterocycles. The van der Waals surface area contributed by atoms with Crippen LogP contribution in [0.15, 0.2) is 18.2 Å². The highest BCUT2D eigenvalue weighted by Crippen LogP contribution is 2.44. The number of hydrogen-bond donors (Lipinski definition) is 2. The number of nitrogens with one attached hydrogen (secondary N) is 2. The van der Waals surface area contributed by atoms with Crippen LogP contribution in [-0.4, -0.2) is 11.4 Å². The first-order chi connectivity index (χ1) is 12.0. The number of carbonyl (C=O) groups is 1. The summed E-state index contributed by atoms with van der Waals surface area (Å²) in [5, 5.41) is 17.5. The summed E-state index contributed by atoms with van der Waals surface area (Å²) in [7, 11) is 0. The molecule has 26 heavy (non-hydrogen) atoms. The Morgan fingerprint density at radius 2 is 2.00 bits per heavy atom. The Balaban J connectivity index is 2.01. The van der Waals surface area contributed by atoms with Gasteiger partial charge in [-0.15, -0.1) is 11.3 Å². The predicted octanol–water partition coefficient (Wildman–Crippen LogP) is 5.34. The van der Waals surface area contributed by atoms with Gasteiger partial charge >= 0.3 is 0 Å². The van der Waals surface area contributed by atoms with Gasteiger partial charge in [0.1, 0.15) is 11.1 Å². The van der Waals surface area contributed by atoms with E-state index in [0.717, 1.165) is 16.9 Å². The maximum atomic E-state index is 12.7. The summed E-state index contributed by atoms with van der Waals surface area (Å²) in [6.45, 7) is 8.41. The average Bonchev–Trinajstić information content (AvgIpc) is 2.82. The highest BCUT2D eigenvalue weighted by molar-refractivity contribution is 7.17. The number of nitrogens with zero attached hydrogens (tertiary/aromatic N) is 1. The Bertz CT molecular complexity index is 941. The monoisotopic (exact) mass is 407 g/mol. The summed E-state index contributed by atoms with van der Waals surface area (Å²) in [6.07, 6.45) is 0.725. The van der Waals surface area contributed by atoms with Crippen LogP contribution in [0.4, 0.5) is 5.00 Å². The molecule has 0 fully saturated rings. The first kappa shape index (κ1) is 19.2. The van der Waals surface area contributed by atoms with Crippen molar-refractivity contribution in [2.45, 2.75) is 45.2 Å². The maximum absolute atomic E-state index is 12.7. The zero-order chi connectivity index (χ0) is 19.3. The normalized spacial score (nSPS) is 17.3. The molecule has 2 heterocycles. The number of nitriles is 1. The van der Waals surface area contributed by atoms with E-state index in [0.29, 0.717) is 21.2 Å². The Morgan fingerprint density at radius 3 is 2.62 bits per heavy atom. The van der Waals surface area contributed by atoms with Crippen molar-refractivity contribution < 1.29 is 4.79 Å². The third kappa shape index (κ3) is 3.47. The van der Waals surface area contributed by atoms with Crippen LogP contribution in [0.1, 0.15) is 54.1 Å². The quantitative estimate of drug-likeness (QED) is 0.705. The molecule has 1 aliphatic heterocycles. The highest BCUT2D eigenvalue weighted by atomic mass is 35.5. The van der Waals surface area contributed by atoms with E-state index < -0.39 is 0 Å². The van der Waals surface area contributed by atoms with Crippen molar-refractivity contribution in [2.75, 3.05) is 5.32 Å². The molecule has 0 bridgehead atoms. The summed E-state index contributed by atoms with van der Waals surface area (Å²) in [6, 6.07) is 6.99. The van der Waals surface area contributed by atoms with Crippen molar-refractivity contribution in [2.24, 2.45) is 0 Å². The third-order valence-electron chi connectivity index (χ3n) is 4.36. The molecule has 0 radical (unpaired) electrons. The number of anilines is 1. The molecular formula is C19H19Cl2N3OS. The van der Waals surface area contributed by atoms with Crippen LogP contribution < -0.4 is 10.6 Å². The molecule has 3 rings (SSSR count). The van der Waals surface area contributed by atoms with Gasteiger partial charge in [-0.1, -0.05) is 23.2 Å². The van der Waals surface area contributed by atoms with Crippen LogP contribution in [0.5, 0.6) is 0 Å². The van der Waals surface area contributed by atoms with Crippen molar-refractivity contribution in [1.29, 1.82) is 5.26 Å². The minimum atomic E-state index is -0.355. The molecule has 1 aliphatic rings. The topological polar surface area (TPSA) is 64.9 Å². The first-order valence-corrected chi connectivity index (χ1v) is 9.73. The predicted molar refractivity (Wildman–Crippen MR) is 107 cm³/mol. The summed E-state index contributed by atoms with van der Waals surface area (Å²) in [5.74, 6) is -0.355. The molecule has 7 heteroatoms. The fourth-order valence-corrected chi connectivity index (χ4v) is 5.29. The van der Waals surface area contributed by atoms with Gasteiger partial charge in [0.25, 0.3) is 5.91 Å². The van der Waals surface area contributed by atoms with Crippen molar-refractivity contribution in [1.82, 2.24) is 5.32 Å². The minimum absolute atomic E-state index is 0.135. The molecule has 0 aliphatic carbocycles. The van der Waals surface area contributed by atoms with E-state index in [1.807, 2.05) is 0 Å². The molecule has 2 N–H and O–H groups in total. The molecule has 1 amide bonds. The first-order valence-electron chi connectivity index (χ1n) is 8.16. The third-order valence-corrected chi connectivity index (χ3v) is 6.38. The van der Waals surface area contributed by atoms with E-state index in [4.69, 9.17) is 23.2 Å². The van der Waals surface area contributed by atoms with Crippen LogP contribution in [0.2, 0.25) is 10.0 Å². The number of carbonyl (C=O) groups excluding carboxylic acids is 1. The Hall–Kier alpha value is -1.58. The van der Waals surface area contributed by atoms with E-state index in [2.05, 4.69) is 44.4 Å². The van der Waals surface area contributed by atoms with Crippen molar-refractivity contribution >= 4 is 45.4 Å². The number of rotatable bonds is 2. The maximum Gasteiger partial charge on any atom is 0.257 e. The molecule has 0 saturated carbocycles. The number of hydrogen-bond acceptors (Lipinski definition) is 4. The molecule has 2 aromatic rings. The lowest BCUT2D eigenvalue weighted by atomic mass is 9.81. The fourth-order valence-electron chi connectivity index (χ4n) is 3.58. The molecule has 0 saturated heterocycles. The van der Waals surface area contributed by atoms with Crippen molar-refractivity contribution in [3.8, 4) is 6.07 Å². The largest absolute Gasteiger partial charge is 0.312 e. The van der Waals surface area contributed by atoms with Gasteiger partial charge in [-0.2, -0.15) is 5.26 Å². The van der Waals surface area contributed by atoms with Crippen LogP contribution >= 0.6 is 34.5 Å². The van der Waals surface area contributed by atoms with Gasteiger partial charge in [0.2, 0.25) is 0 Å². The van der Waals surface area contributed by atoms with Gasteiger partial charge in [-0.3, -0.25) is 4.79 Å². The van der Waals surface area contributed by atoms with Gasteiger partial charge in [0, 0.05) is 21.0 Å². The SMILES string of the molecule is CC1(C)Cc2c(sc(NC(=O)c3ccc(Cl)cc3Cl)c2C#N)C(C)(C)N1. The van der Waals surface area contributed by atoms with Crippen LogP contribution in [-0.2, 0) is 12.0 Å². The van der Waals surface area contributed by atoms with E-state index in [9.17, 15) is 10.1 Å². The van der Waals surface area contributed by atoms with Gasteiger partial charge in [0.05, 0.1) is 16.1 Å². The van der Waals surface area contributed by atoms with Crippen molar-refractivity contribution in [3.63, 3.8) is 0 Å². The number of halogens is 2. The molecule has 0 atom stereocenters. The lowest BCUT2D eigenvalue weighted by Crippen LogP contribution is -2.54. The second kappa shape index (κ2) is 6.54. The Labute approximate surface area is 167 Å². The second-order valence-electron chi connectivity index (χ2n) is 7.61. The zero-order valence-electron chi connectivity index (χ0n) is 15.0. The van der Waals surface area contributed by atoms with E-state index in [-0.39, 0.29) is 22.0 Å². The molecule has 0 spiro atoms. The number of thiophene rings is 1. The van der Waals surface area contributed by atoms with Gasteiger partial charge in [-0.05, 0) is 57.9 Å². The second-order valence-corrected chi connectivity index (χ2v) is 9.48. The average molecular weight is 408 g/mol. The summed E-state index contributed by atoms with van der Waals surface area (Å²) >= 11 is 13.5. The lowest BCUT2D eigenvalue weighted by molar-refractivity contribution is 0.102. The molecule has 4 nitrogen and oxygen atoms in total. The molecule has 0 unspecified atom stereocenters. The Kier molecular flexibility index (Phi) is 4.83. The van der Waals surface area contributed by atoms with E-state index in [1.165, 1.54) is 17.4 Å². The van der Waals surface area contributed by atoms with Crippen LogP contribution in [0.25, 0.3) is 0 Å². The molecule has 1 aromatic carbocycles. The Morgan fingerprint density at radius 1 is 1.31 bits per heavy atom. The lowest BCUT2D eigenvalue weighted by Gasteiger charge is -2.42. The number of amides is 1. The fraction of sp³-hybridized carbons (Fsp3) is 0.368.